The van der Waals surface area contributed by atoms with E-state index < -0.39 is 12.2 Å². The second kappa shape index (κ2) is 9.33. The molecule has 0 saturated heterocycles. The van der Waals surface area contributed by atoms with Crippen LogP contribution in [0.25, 0.3) is 11.1 Å². The van der Waals surface area contributed by atoms with E-state index in [9.17, 15) is 5.11 Å². The number of ether oxygens (including phenoxy) is 1. The van der Waals surface area contributed by atoms with Gasteiger partial charge in [0.05, 0.1) is 6.61 Å². The smallest absolute Gasteiger partial charge is 0.113 e. The monoisotopic (exact) mass is 380 g/mol. The SMILES string of the molecule is O[C@H](c1ccccc1)[C@H](OCc1ccc(-c2ccccc2)cc1)c1ccccc1. The van der Waals surface area contributed by atoms with Gasteiger partial charge in [0.25, 0.3) is 0 Å². The first kappa shape index (κ1) is 19.1. The van der Waals surface area contributed by atoms with Gasteiger partial charge in [0.15, 0.2) is 0 Å². The van der Waals surface area contributed by atoms with Gasteiger partial charge in [-0.15, -0.1) is 0 Å². The lowest BCUT2D eigenvalue weighted by molar-refractivity contribution is -0.0497. The Kier molecular flexibility index (Phi) is 6.16. The first-order valence-electron chi connectivity index (χ1n) is 9.85. The molecule has 0 aliphatic carbocycles. The van der Waals surface area contributed by atoms with Gasteiger partial charge in [0.2, 0.25) is 0 Å². The van der Waals surface area contributed by atoms with Crippen molar-refractivity contribution in [2.75, 3.05) is 0 Å². The van der Waals surface area contributed by atoms with Crippen molar-refractivity contribution in [1.82, 2.24) is 0 Å². The van der Waals surface area contributed by atoms with Crippen LogP contribution in [-0.4, -0.2) is 5.11 Å². The van der Waals surface area contributed by atoms with E-state index >= 15 is 0 Å². The van der Waals surface area contributed by atoms with Crippen LogP contribution in [0, 0.1) is 0 Å². The number of hydrogen-bond acceptors (Lipinski definition) is 2. The Hall–Kier alpha value is -3.20. The zero-order chi connectivity index (χ0) is 19.9. The quantitative estimate of drug-likeness (QED) is 0.405. The molecule has 0 aliphatic rings. The van der Waals surface area contributed by atoms with Gasteiger partial charge in [-0.1, -0.05) is 115 Å². The van der Waals surface area contributed by atoms with Crippen molar-refractivity contribution in [3.63, 3.8) is 0 Å². The fourth-order valence-electron chi connectivity index (χ4n) is 3.45. The molecule has 0 aliphatic heterocycles. The van der Waals surface area contributed by atoms with Gasteiger partial charge in [-0.2, -0.15) is 0 Å². The van der Waals surface area contributed by atoms with E-state index in [1.54, 1.807) is 0 Å². The molecule has 0 heterocycles. The number of rotatable bonds is 7. The van der Waals surface area contributed by atoms with E-state index in [-0.39, 0.29) is 0 Å². The number of hydrogen-bond donors (Lipinski definition) is 1. The molecule has 29 heavy (non-hydrogen) atoms. The summed E-state index contributed by atoms with van der Waals surface area (Å²) in [4.78, 5) is 0. The predicted molar refractivity (Wildman–Crippen MR) is 117 cm³/mol. The molecule has 2 atom stereocenters. The van der Waals surface area contributed by atoms with Gasteiger partial charge in [-0.25, -0.2) is 0 Å². The lowest BCUT2D eigenvalue weighted by atomic mass is 9.98. The second-order valence-corrected chi connectivity index (χ2v) is 7.06. The molecule has 2 nitrogen and oxygen atoms in total. The molecule has 4 aromatic carbocycles. The van der Waals surface area contributed by atoms with E-state index in [1.165, 1.54) is 11.1 Å². The highest BCUT2D eigenvalue weighted by atomic mass is 16.5. The first-order chi connectivity index (χ1) is 14.3. The molecule has 1 N–H and O–H groups in total. The summed E-state index contributed by atoms with van der Waals surface area (Å²) in [5.74, 6) is 0. The summed E-state index contributed by atoms with van der Waals surface area (Å²) in [6.07, 6.45) is -1.17. The van der Waals surface area contributed by atoms with Crippen LogP contribution < -0.4 is 0 Å². The molecule has 0 unspecified atom stereocenters. The molecule has 0 aromatic heterocycles. The van der Waals surface area contributed by atoms with Gasteiger partial charge in [-0.05, 0) is 27.8 Å². The third-order valence-corrected chi connectivity index (χ3v) is 5.05. The molecule has 4 aromatic rings. The van der Waals surface area contributed by atoms with E-state index in [0.717, 1.165) is 16.7 Å². The Labute approximate surface area is 172 Å². The minimum absolute atomic E-state index is 0.429. The summed E-state index contributed by atoms with van der Waals surface area (Å²) < 4.78 is 6.23. The molecule has 0 bridgehead atoms. The summed E-state index contributed by atoms with van der Waals surface area (Å²) in [6, 6.07) is 38.3. The third-order valence-electron chi connectivity index (χ3n) is 5.05. The fourth-order valence-corrected chi connectivity index (χ4v) is 3.45. The molecule has 0 spiro atoms. The summed E-state index contributed by atoms with van der Waals surface area (Å²) in [6.45, 7) is 0.429. The average Bonchev–Trinajstić information content (AvgIpc) is 2.81. The summed E-state index contributed by atoms with van der Waals surface area (Å²) in [5.41, 5.74) is 5.26. The molecule has 4 rings (SSSR count). The Balaban J connectivity index is 1.51. The van der Waals surface area contributed by atoms with Gasteiger partial charge in [0, 0.05) is 0 Å². The molecule has 0 radical (unpaired) electrons. The molecule has 0 saturated carbocycles. The third kappa shape index (κ3) is 4.80. The maximum atomic E-state index is 11.0. The largest absolute Gasteiger partial charge is 0.385 e. The molecule has 144 valence electrons. The predicted octanol–water partition coefficient (Wildman–Crippen LogP) is 6.35. The highest BCUT2D eigenvalue weighted by molar-refractivity contribution is 5.63. The normalized spacial score (nSPS) is 13.0. The Morgan fingerprint density at radius 3 is 1.62 bits per heavy atom. The van der Waals surface area contributed by atoms with Crippen LogP contribution >= 0.6 is 0 Å². The zero-order valence-electron chi connectivity index (χ0n) is 16.2. The van der Waals surface area contributed by atoms with Crippen molar-refractivity contribution in [2.45, 2.75) is 18.8 Å². The van der Waals surface area contributed by atoms with E-state index in [1.807, 2.05) is 78.9 Å². The fraction of sp³-hybridized carbons (Fsp3) is 0.111. The zero-order valence-corrected chi connectivity index (χ0v) is 16.2. The maximum absolute atomic E-state index is 11.0. The van der Waals surface area contributed by atoms with Crippen molar-refractivity contribution >= 4 is 0 Å². The van der Waals surface area contributed by atoms with Crippen LogP contribution in [0.4, 0.5) is 0 Å². The molecule has 0 amide bonds. The van der Waals surface area contributed by atoms with Crippen molar-refractivity contribution in [3.05, 3.63) is 132 Å². The van der Waals surface area contributed by atoms with Crippen LogP contribution in [0.5, 0.6) is 0 Å². The minimum atomic E-state index is -0.734. The van der Waals surface area contributed by atoms with Gasteiger partial charge < -0.3 is 9.84 Å². The van der Waals surface area contributed by atoms with Crippen molar-refractivity contribution in [2.24, 2.45) is 0 Å². The van der Waals surface area contributed by atoms with E-state index in [2.05, 4.69) is 36.4 Å². The topological polar surface area (TPSA) is 29.5 Å². The van der Waals surface area contributed by atoms with E-state index in [0.29, 0.717) is 6.61 Å². The number of aliphatic hydroxyl groups excluding tert-OH is 1. The Morgan fingerprint density at radius 2 is 1.03 bits per heavy atom. The molecular weight excluding hydrogens is 356 g/mol. The van der Waals surface area contributed by atoms with Crippen molar-refractivity contribution < 1.29 is 9.84 Å². The van der Waals surface area contributed by atoms with Crippen LogP contribution in [0.2, 0.25) is 0 Å². The summed E-state index contributed by atoms with van der Waals surface area (Å²) in [7, 11) is 0. The lowest BCUT2D eigenvalue weighted by Gasteiger charge is -2.24. The maximum Gasteiger partial charge on any atom is 0.113 e. The second-order valence-electron chi connectivity index (χ2n) is 7.06. The lowest BCUT2D eigenvalue weighted by Crippen LogP contribution is -2.14. The number of aliphatic hydroxyl groups is 1. The van der Waals surface area contributed by atoms with Crippen LogP contribution in [0.3, 0.4) is 0 Å². The summed E-state index contributed by atoms with van der Waals surface area (Å²) in [5, 5.41) is 11.0. The van der Waals surface area contributed by atoms with Crippen molar-refractivity contribution in [1.29, 1.82) is 0 Å². The number of benzene rings is 4. The minimum Gasteiger partial charge on any atom is -0.385 e. The van der Waals surface area contributed by atoms with Crippen LogP contribution in [0.15, 0.2) is 115 Å². The van der Waals surface area contributed by atoms with Crippen molar-refractivity contribution in [3.8, 4) is 11.1 Å². The average molecular weight is 380 g/mol. The van der Waals surface area contributed by atoms with Gasteiger partial charge in [-0.3, -0.25) is 0 Å². The Morgan fingerprint density at radius 1 is 0.552 bits per heavy atom. The highest BCUT2D eigenvalue weighted by Gasteiger charge is 2.23. The van der Waals surface area contributed by atoms with Crippen LogP contribution in [-0.2, 0) is 11.3 Å². The molecular formula is C27H24O2. The van der Waals surface area contributed by atoms with Gasteiger partial charge in [0.1, 0.15) is 12.2 Å². The standard InChI is InChI=1S/C27H24O2/c28-26(24-12-6-2-7-13-24)27(25-14-8-3-9-15-25)29-20-21-16-18-23(19-17-21)22-10-4-1-5-11-22/h1-19,26-28H,20H2/t26-,27-/m1/s1. The van der Waals surface area contributed by atoms with Gasteiger partial charge >= 0.3 is 0 Å². The highest BCUT2D eigenvalue weighted by Crippen LogP contribution is 2.33. The first-order valence-corrected chi connectivity index (χ1v) is 9.85. The van der Waals surface area contributed by atoms with Crippen LogP contribution in [0.1, 0.15) is 28.9 Å². The molecule has 0 fully saturated rings. The van der Waals surface area contributed by atoms with E-state index in [4.69, 9.17) is 4.74 Å². The summed E-state index contributed by atoms with van der Waals surface area (Å²) >= 11 is 0. The molecule has 2 heteroatoms. The Bertz CT molecular complexity index is 997.